The monoisotopic (exact) mass is 390 g/mol. The molecule has 29 heavy (non-hydrogen) atoms. The van der Waals surface area contributed by atoms with Gasteiger partial charge in [0.15, 0.2) is 0 Å². The Bertz CT molecular complexity index is 1090. The van der Waals surface area contributed by atoms with E-state index in [1.165, 1.54) is 0 Å². The van der Waals surface area contributed by atoms with Crippen molar-refractivity contribution in [1.82, 2.24) is 9.78 Å². The summed E-state index contributed by atoms with van der Waals surface area (Å²) in [7, 11) is 1.55. The fourth-order valence-electron chi connectivity index (χ4n) is 3.45. The number of carbonyl (C=O) groups is 2. The highest BCUT2D eigenvalue weighted by molar-refractivity contribution is 6.04. The maximum Gasteiger partial charge on any atom is 0.251 e. The van der Waals surface area contributed by atoms with Gasteiger partial charge in [-0.05, 0) is 37.1 Å². The molecule has 7 nitrogen and oxygen atoms in total. The first-order chi connectivity index (χ1) is 14.0. The van der Waals surface area contributed by atoms with E-state index < -0.39 is 6.04 Å². The number of nitrogens with zero attached hydrogens (tertiary/aromatic N) is 2. The van der Waals surface area contributed by atoms with Gasteiger partial charge in [-0.2, -0.15) is 5.10 Å². The molecule has 1 aliphatic rings. The molecule has 4 rings (SSSR count). The zero-order valence-corrected chi connectivity index (χ0v) is 16.5. The van der Waals surface area contributed by atoms with Gasteiger partial charge in [0.1, 0.15) is 17.6 Å². The Kier molecular flexibility index (Phi) is 4.80. The third-order valence-electron chi connectivity index (χ3n) is 5.01. The molecule has 0 saturated carbocycles. The van der Waals surface area contributed by atoms with Gasteiger partial charge in [-0.25, -0.2) is 4.68 Å². The van der Waals surface area contributed by atoms with Crippen LogP contribution in [0.1, 0.15) is 23.6 Å². The van der Waals surface area contributed by atoms with Crippen LogP contribution in [0, 0.1) is 13.8 Å². The molecular weight excluding hydrogens is 368 g/mol. The number of nitrogens with one attached hydrogen (secondary N) is 2. The molecule has 7 heteroatoms. The van der Waals surface area contributed by atoms with Gasteiger partial charge in [-0.1, -0.05) is 35.9 Å². The molecule has 0 aliphatic carbocycles. The number of ether oxygens (including phenoxy) is 1. The number of fused-ring (bicyclic) bond motifs is 1. The molecule has 0 fully saturated rings. The molecule has 2 amide bonds. The van der Waals surface area contributed by atoms with Crippen molar-refractivity contribution in [1.29, 1.82) is 0 Å². The highest BCUT2D eigenvalue weighted by Gasteiger charge is 2.35. The Hall–Kier alpha value is -3.61. The van der Waals surface area contributed by atoms with E-state index in [1.807, 2.05) is 50.2 Å². The van der Waals surface area contributed by atoms with Crippen molar-refractivity contribution in [3.63, 3.8) is 0 Å². The summed E-state index contributed by atoms with van der Waals surface area (Å²) in [6.45, 7) is 3.95. The van der Waals surface area contributed by atoms with Crippen LogP contribution in [0.5, 0.6) is 5.75 Å². The van der Waals surface area contributed by atoms with E-state index in [-0.39, 0.29) is 18.2 Å². The summed E-state index contributed by atoms with van der Waals surface area (Å²) in [5.41, 5.74) is 4.53. The summed E-state index contributed by atoms with van der Waals surface area (Å²) in [6, 6.07) is 12.8. The third-order valence-corrected chi connectivity index (χ3v) is 5.01. The third kappa shape index (κ3) is 3.59. The SMILES string of the molecule is COc1ccc(C)cc1NC(=O)CC1C(=O)Nc2c(-c3ccc(C)cc3)cnn21. The largest absolute Gasteiger partial charge is 0.495 e. The quantitative estimate of drug-likeness (QED) is 0.696. The summed E-state index contributed by atoms with van der Waals surface area (Å²) < 4.78 is 6.89. The van der Waals surface area contributed by atoms with E-state index in [0.717, 1.165) is 22.3 Å². The van der Waals surface area contributed by atoms with Crippen LogP contribution < -0.4 is 15.4 Å². The second-order valence-corrected chi connectivity index (χ2v) is 7.18. The molecule has 1 aromatic heterocycles. The van der Waals surface area contributed by atoms with E-state index in [0.29, 0.717) is 17.3 Å². The molecule has 2 N–H and O–H groups in total. The van der Waals surface area contributed by atoms with Crippen molar-refractivity contribution >= 4 is 23.3 Å². The van der Waals surface area contributed by atoms with Gasteiger partial charge in [0.2, 0.25) is 5.91 Å². The van der Waals surface area contributed by atoms with Crippen LogP contribution in [0.15, 0.2) is 48.7 Å². The lowest BCUT2D eigenvalue weighted by atomic mass is 10.1. The van der Waals surface area contributed by atoms with E-state index in [9.17, 15) is 9.59 Å². The van der Waals surface area contributed by atoms with Crippen LogP contribution in [-0.2, 0) is 9.59 Å². The number of rotatable bonds is 5. The van der Waals surface area contributed by atoms with Crippen molar-refractivity contribution in [3.05, 3.63) is 59.8 Å². The number of hydrogen-bond acceptors (Lipinski definition) is 4. The molecule has 1 atom stereocenters. The molecule has 2 aromatic carbocycles. The Morgan fingerprint density at radius 1 is 1.17 bits per heavy atom. The minimum absolute atomic E-state index is 0.0229. The number of aromatic nitrogens is 2. The van der Waals surface area contributed by atoms with Gasteiger partial charge < -0.3 is 15.4 Å². The van der Waals surface area contributed by atoms with Crippen LogP contribution in [0.2, 0.25) is 0 Å². The maximum absolute atomic E-state index is 12.6. The Balaban J connectivity index is 1.54. The minimum Gasteiger partial charge on any atom is -0.495 e. The Labute approximate surface area is 168 Å². The Morgan fingerprint density at radius 3 is 2.62 bits per heavy atom. The van der Waals surface area contributed by atoms with Crippen molar-refractivity contribution in [2.45, 2.75) is 26.3 Å². The van der Waals surface area contributed by atoms with Gasteiger partial charge in [-0.15, -0.1) is 0 Å². The number of anilines is 2. The number of aryl methyl sites for hydroxylation is 2. The smallest absolute Gasteiger partial charge is 0.251 e. The second-order valence-electron chi connectivity index (χ2n) is 7.18. The van der Waals surface area contributed by atoms with Crippen molar-refractivity contribution in [2.24, 2.45) is 0 Å². The molecule has 0 saturated heterocycles. The molecule has 0 spiro atoms. The van der Waals surface area contributed by atoms with Crippen molar-refractivity contribution < 1.29 is 14.3 Å². The summed E-state index contributed by atoms with van der Waals surface area (Å²) in [5, 5.41) is 10.1. The van der Waals surface area contributed by atoms with E-state index in [1.54, 1.807) is 24.1 Å². The molecular formula is C22H22N4O3. The predicted molar refractivity (Wildman–Crippen MR) is 111 cm³/mol. The summed E-state index contributed by atoms with van der Waals surface area (Å²) in [6.07, 6.45) is 1.69. The molecule has 3 aromatic rings. The minimum atomic E-state index is -0.694. The first-order valence-electron chi connectivity index (χ1n) is 9.36. The van der Waals surface area contributed by atoms with Gasteiger partial charge >= 0.3 is 0 Å². The highest BCUT2D eigenvalue weighted by atomic mass is 16.5. The fraction of sp³-hybridized carbons (Fsp3) is 0.227. The lowest BCUT2D eigenvalue weighted by molar-refractivity contribution is -0.123. The molecule has 2 heterocycles. The molecule has 1 aliphatic heterocycles. The van der Waals surface area contributed by atoms with Crippen LogP contribution in [-0.4, -0.2) is 28.7 Å². The predicted octanol–water partition coefficient (Wildman–Crippen LogP) is 3.70. The lowest BCUT2D eigenvalue weighted by Gasteiger charge is -2.13. The zero-order chi connectivity index (χ0) is 20.5. The fourth-order valence-corrected chi connectivity index (χ4v) is 3.45. The zero-order valence-electron chi connectivity index (χ0n) is 16.5. The molecule has 0 bridgehead atoms. The van der Waals surface area contributed by atoms with Gasteiger partial charge in [-0.3, -0.25) is 9.59 Å². The van der Waals surface area contributed by atoms with Crippen molar-refractivity contribution in [2.75, 3.05) is 17.7 Å². The normalized spacial score (nSPS) is 15.0. The van der Waals surface area contributed by atoms with Crippen molar-refractivity contribution in [3.8, 4) is 16.9 Å². The van der Waals surface area contributed by atoms with Crippen LogP contribution in [0.3, 0.4) is 0 Å². The van der Waals surface area contributed by atoms with Gasteiger partial charge in [0.05, 0.1) is 25.4 Å². The van der Waals surface area contributed by atoms with E-state index in [2.05, 4.69) is 15.7 Å². The summed E-state index contributed by atoms with van der Waals surface area (Å²) in [5.74, 6) is 0.660. The Morgan fingerprint density at radius 2 is 1.90 bits per heavy atom. The topological polar surface area (TPSA) is 85.2 Å². The molecule has 0 radical (unpaired) electrons. The number of carbonyl (C=O) groups excluding carboxylic acids is 2. The molecule has 1 unspecified atom stereocenters. The lowest BCUT2D eigenvalue weighted by Crippen LogP contribution is -2.23. The first-order valence-corrected chi connectivity index (χ1v) is 9.36. The summed E-state index contributed by atoms with van der Waals surface area (Å²) >= 11 is 0. The highest BCUT2D eigenvalue weighted by Crippen LogP contribution is 2.36. The van der Waals surface area contributed by atoms with Gasteiger partial charge in [0, 0.05) is 5.56 Å². The molecule has 148 valence electrons. The van der Waals surface area contributed by atoms with E-state index >= 15 is 0 Å². The number of amides is 2. The van der Waals surface area contributed by atoms with E-state index in [4.69, 9.17) is 4.74 Å². The first kappa shape index (κ1) is 18.7. The second kappa shape index (κ2) is 7.43. The average Bonchev–Trinajstić information content (AvgIpc) is 3.22. The van der Waals surface area contributed by atoms with Gasteiger partial charge in [0.25, 0.3) is 5.91 Å². The summed E-state index contributed by atoms with van der Waals surface area (Å²) in [4.78, 5) is 25.1. The maximum atomic E-state index is 12.6. The standard InChI is InChI=1S/C22H22N4O3/c1-13-4-7-15(8-5-13)16-12-23-26-18(22(28)25-21(16)26)11-20(27)24-17-10-14(2)6-9-19(17)29-3/h4-10,12,18H,11H2,1-3H3,(H,24,27)(H,25,28). The number of benzene rings is 2. The van der Waals surface area contributed by atoms with Crippen LogP contribution in [0.25, 0.3) is 11.1 Å². The number of hydrogen-bond donors (Lipinski definition) is 2. The van der Waals surface area contributed by atoms with Crippen LogP contribution >= 0.6 is 0 Å². The average molecular weight is 390 g/mol. The number of methoxy groups -OCH3 is 1. The van der Waals surface area contributed by atoms with Crippen LogP contribution in [0.4, 0.5) is 11.5 Å².